The van der Waals surface area contributed by atoms with Crippen LogP contribution in [0.1, 0.15) is 47.9 Å². The van der Waals surface area contributed by atoms with Crippen LogP contribution in [0.15, 0.2) is 125 Å². The summed E-state index contributed by atoms with van der Waals surface area (Å²) in [5, 5.41) is 81.2. The summed E-state index contributed by atoms with van der Waals surface area (Å²) in [5.74, 6) is -0.782. The van der Waals surface area contributed by atoms with E-state index in [-0.39, 0.29) is 51.3 Å². The molecule has 0 unspecified atom stereocenters. The van der Waals surface area contributed by atoms with Crippen LogP contribution in [0.4, 0.5) is 4.39 Å². The van der Waals surface area contributed by atoms with Crippen molar-refractivity contribution in [2.75, 3.05) is 0 Å². The molecule has 22 heteroatoms. The molecular weight excluding hydrogens is 1180 g/mol. The van der Waals surface area contributed by atoms with Crippen LogP contribution >= 0.6 is 68.8 Å². The zero-order valence-electron chi connectivity index (χ0n) is 43.1. The Kier molecular flexibility index (Phi) is 15.1. The Bertz CT molecular complexity index is 4640. The van der Waals surface area contributed by atoms with Gasteiger partial charge in [0.05, 0.1) is 39.0 Å². The number of H-pyrrole nitrogens is 2. The minimum Gasteiger partial charge on any atom is -0.507 e. The van der Waals surface area contributed by atoms with E-state index in [1.54, 1.807) is 36.4 Å². The number of aromatic amines is 2. The summed E-state index contributed by atoms with van der Waals surface area (Å²) in [6, 6.07) is 31.1. The van der Waals surface area contributed by atoms with E-state index < -0.39 is 16.9 Å². The fourth-order valence-electron chi connectivity index (χ4n) is 11.0. The first-order valence-corrected chi connectivity index (χ1v) is 29.5. The number of thiophene rings is 3. The van der Waals surface area contributed by atoms with Gasteiger partial charge in [-0.05, 0) is 113 Å². The average molecular weight is 1220 g/mol. The fourth-order valence-corrected chi connectivity index (χ4v) is 15.0. The Morgan fingerprint density at radius 2 is 0.928 bits per heavy atom. The number of rotatable bonds is 6. The lowest BCUT2D eigenvalue weighted by molar-refractivity contribution is 0.444. The van der Waals surface area contributed by atoms with Gasteiger partial charge < -0.3 is 40.6 Å². The van der Waals surface area contributed by atoms with E-state index in [9.17, 15) is 44.6 Å². The lowest BCUT2D eigenvalue weighted by atomic mass is 9.88. The Balaban J connectivity index is 0.000000124. The van der Waals surface area contributed by atoms with E-state index in [1.807, 2.05) is 48.5 Å². The van der Waals surface area contributed by atoms with Crippen molar-refractivity contribution in [1.29, 1.82) is 0 Å². The number of nitrogens with one attached hydrogen (secondary N) is 2. The van der Waals surface area contributed by atoms with Gasteiger partial charge >= 0.3 is 0 Å². The monoisotopic (exact) mass is 1220 g/mol. The molecule has 8 N–H and O–H groups in total. The molecule has 7 heterocycles. The van der Waals surface area contributed by atoms with Gasteiger partial charge in [-0.3, -0.25) is 9.59 Å². The SMILES string of the molecule is O=c1[nH]c2sc(Cl)c(-c3ccc4c(c3O)CCCC4)c2c(O)c1-c1ccc(F)cc1.O=c1[nH]c2sc(Cl)c(-c3cnnnn3)c2c(O)c1-c1ccccc1.Oc1nc2sc(Cl)c(-c3ccc4c(c3O)CCCC4)c2c(O)c1-c1ccccc1. The van der Waals surface area contributed by atoms with E-state index in [1.165, 1.54) is 41.8 Å². The maximum Gasteiger partial charge on any atom is 0.260 e. The summed E-state index contributed by atoms with van der Waals surface area (Å²) in [7, 11) is 0. The molecule has 0 spiro atoms. The second kappa shape index (κ2) is 22.7. The lowest BCUT2D eigenvalue weighted by Gasteiger charge is -2.19. The van der Waals surface area contributed by atoms with Crippen LogP contribution in [-0.4, -0.2) is 66.2 Å². The van der Waals surface area contributed by atoms with Crippen molar-refractivity contribution in [3.05, 3.63) is 177 Å². The van der Waals surface area contributed by atoms with Crippen molar-refractivity contribution in [3.63, 3.8) is 0 Å². The molecule has 0 radical (unpaired) electrons. The summed E-state index contributed by atoms with van der Waals surface area (Å²) in [4.78, 5) is 36.2. The van der Waals surface area contributed by atoms with Crippen LogP contribution in [0.3, 0.4) is 0 Å². The minimum atomic E-state index is -0.495. The van der Waals surface area contributed by atoms with Crippen LogP contribution in [0.2, 0.25) is 13.0 Å². The Morgan fingerprint density at radius 1 is 0.470 bits per heavy atom. The Morgan fingerprint density at radius 3 is 1.46 bits per heavy atom. The third-order valence-electron chi connectivity index (χ3n) is 14.8. The Hall–Kier alpha value is -8.43. The largest absolute Gasteiger partial charge is 0.507 e. The number of benzene rings is 5. The highest BCUT2D eigenvalue weighted by molar-refractivity contribution is 7.24. The average Bonchev–Trinajstić information content (AvgIpc) is 3.09. The third kappa shape index (κ3) is 10.1. The number of phenolic OH excluding ortho intramolecular Hbond substituents is 2. The van der Waals surface area contributed by atoms with Gasteiger partial charge in [0.25, 0.3) is 11.1 Å². The molecule has 14 rings (SSSR count). The van der Waals surface area contributed by atoms with Crippen molar-refractivity contribution in [3.8, 4) is 102 Å². The predicted octanol–water partition coefficient (Wildman–Crippen LogP) is 15.1. The number of nitrogens with zero attached hydrogens (tertiary/aromatic N) is 5. The van der Waals surface area contributed by atoms with E-state index in [4.69, 9.17) is 34.8 Å². The second-order valence-corrected chi connectivity index (χ2v) is 24.5. The number of aryl methyl sites for hydroxylation is 2. The molecule has 0 atom stereocenters. The van der Waals surface area contributed by atoms with Crippen LogP contribution < -0.4 is 11.1 Å². The van der Waals surface area contributed by atoms with Gasteiger partial charge in [-0.15, -0.1) is 44.2 Å². The standard InChI is InChI=1S/C23H17ClFNO3S.C23H18ClNO3S.C15H8ClN5O2S/c24-21-17(15-10-7-11-3-1-2-4-14(11)19(15)27)18-20(28)16(22(29)26-23(18)30-21)12-5-8-13(25)9-6-12;24-21-17(15-11-10-12-6-4-5-9-14(12)19(15)26)18-20(27)16(13-7-2-1-3-8-13)22(28)25-23(18)29-21;16-13-10(8-6-17-20-21-19-8)11-12(22)9(7-4-2-1-3-5-7)14(23)18-15(11)24-13/h5-10,27H,1-4H2,(H2,26,28,29);1-3,7-8,10-11,26H,4-6,9H2,(H2,25,27,28);1-6H,(H2,18,22,23). The first-order chi connectivity index (χ1) is 40.2. The van der Waals surface area contributed by atoms with Crippen LogP contribution in [-0.2, 0) is 25.7 Å². The molecule has 2 aliphatic rings. The van der Waals surface area contributed by atoms with Gasteiger partial charge in [-0.2, -0.15) is 0 Å². The lowest BCUT2D eigenvalue weighted by Crippen LogP contribution is -2.08. The summed E-state index contributed by atoms with van der Waals surface area (Å²) >= 11 is 22.8. The number of pyridine rings is 3. The molecule has 0 saturated carbocycles. The van der Waals surface area contributed by atoms with Gasteiger partial charge in [0.2, 0.25) is 5.88 Å². The molecule has 83 heavy (non-hydrogen) atoms. The molecule has 0 amide bonds. The van der Waals surface area contributed by atoms with Crippen LogP contribution in [0, 0.1) is 5.82 Å². The summed E-state index contributed by atoms with van der Waals surface area (Å²) in [6.45, 7) is 0. The maximum atomic E-state index is 13.3. The Labute approximate surface area is 496 Å². The zero-order valence-corrected chi connectivity index (χ0v) is 47.8. The highest BCUT2D eigenvalue weighted by atomic mass is 35.5. The normalized spacial score (nSPS) is 12.8. The molecule has 0 aliphatic heterocycles. The van der Waals surface area contributed by atoms with Crippen molar-refractivity contribution in [1.82, 2.24) is 35.6 Å². The number of hydrogen-bond donors (Lipinski definition) is 8. The number of halogens is 4. The van der Waals surface area contributed by atoms with Gasteiger partial charge in [0, 0.05) is 27.8 Å². The van der Waals surface area contributed by atoms with Crippen molar-refractivity contribution in [2.24, 2.45) is 0 Å². The van der Waals surface area contributed by atoms with Crippen LogP contribution in [0.25, 0.3) is 97.5 Å². The summed E-state index contributed by atoms with van der Waals surface area (Å²) in [5.41, 5.74) is 8.37. The van der Waals surface area contributed by atoms with Crippen molar-refractivity contribution >= 4 is 99.5 Å². The van der Waals surface area contributed by atoms with Gasteiger partial charge in [0.15, 0.2) is 0 Å². The van der Waals surface area contributed by atoms with Crippen LogP contribution in [0.5, 0.6) is 34.6 Å². The van der Waals surface area contributed by atoms with Crippen molar-refractivity contribution < 1.29 is 35.0 Å². The van der Waals surface area contributed by atoms with E-state index in [2.05, 4.69) is 35.6 Å². The molecule has 2 aliphatic carbocycles. The topological polar surface area (TPSA) is 252 Å². The van der Waals surface area contributed by atoms with E-state index >= 15 is 0 Å². The molecule has 12 aromatic rings. The quantitative estimate of drug-likeness (QED) is 0.0772. The predicted molar refractivity (Wildman–Crippen MR) is 327 cm³/mol. The summed E-state index contributed by atoms with van der Waals surface area (Å²) in [6.07, 6.45) is 9.17. The summed E-state index contributed by atoms with van der Waals surface area (Å²) < 4.78 is 14.5. The third-order valence-corrected chi connectivity index (χ3v) is 18.7. The first-order valence-electron chi connectivity index (χ1n) is 25.9. The number of hydrogen-bond acceptors (Lipinski definition) is 16. The first kappa shape index (κ1) is 55.1. The van der Waals surface area contributed by atoms with Gasteiger partial charge in [-0.25, -0.2) is 9.37 Å². The van der Waals surface area contributed by atoms with E-state index in [0.717, 1.165) is 96.3 Å². The molecule has 416 valence electrons. The second-order valence-electron chi connectivity index (χ2n) is 19.6. The smallest absolute Gasteiger partial charge is 0.260 e. The molecular formula is C61H43Cl3FN7O8S3. The molecule has 5 aromatic carbocycles. The molecule has 0 saturated heterocycles. The maximum absolute atomic E-state index is 13.3. The minimum absolute atomic E-state index is 0.0377. The van der Waals surface area contributed by atoms with Gasteiger partial charge in [-0.1, -0.05) is 132 Å². The molecule has 15 nitrogen and oxygen atoms in total. The van der Waals surface area contributed by atoms with Crippen molar-refractivity contribution in [2.45, 2.75) is 51.4 Å². The van der Waals surface area contributed by atoms with E-state index in [0.29, 0.717) is 93.9 Å². The molecule has 0 fully saturated rings. The number of phenols is 2. The highest BCUT2D eigenvalue weighted by Crippen LogP contribution is 2.54. The van der Waals surface area contributed by atoms with Gasteiger partial charge in [0.1, 0.15) is 67.8 Å². The highest BCUT2D eigenvalue weighted by Gasteiger charge is 2.29. The molecule has 7 aromatic heterocycles. The number of fused-ring (bicyclic) bond motifs is 5. The molecule has 0 bridgehead atoms. The zero-order chi connectivity index (χ0) is 57.8. The fraction of sp³-hybridized carbons (Fsp3) is 0.131. The number of aromatic nitrogens is 7. The number of aromatic hydroxyl groups is 6.